The summed E-state index contributed by atoms with van der Waals surface area (Å²) in [6, 6.07) is 4.08. The van der Waals surface area contributed by atoms with E-state index in [-0.39, 0.29) is 32.3 Å². The van der Waals surface area contributed by atoms with Gasteiger partial charge in [-0.15, -0.1) is 0 Å². The van der Waals surface area contributed by atoms with E-state index in [4.69, 9.17) is 24.7 Å². The normalized spacial score (nSPS) is 18.2. The maximum Gasteiger partial charge on any atom is 0.363 e. The third kappa shape index (κ3) is 4.71. The van der Waals surface area contributed by atoms with Gasteiger partial charge in [0.2, 0.25) is 0 Å². The van der Waals surface area contributed by atoms with Gasteiger partial charge in [0.15, 0.2) is 0 Å². The van der Waals surface area contributed by atoms with Crippen LogP contribution in [0.15, 0.2) is 12.1 Å². The summed E-state index contributed by atoms with van der Waals surface area (Å²) in [5.74, 6) is -3.63. The molecule has 7 nitrogen and oxygen atoms in total. The van der Waals surface area contributed by atoms with Crippen molar-refractivity contribution in [3.8, 4) is 0 Å². The summed E-state index contributed by atoms with van der Waals surface area (Å²) < 4.78 is 24.1. The van der Waals surface area contributed by atoms with Gasteiger partial charge in [0.05, 0.1) is 0 Å². The van der Waals surface area contributed by atoms with Gasteiger partial charge < -0.3 is 34.7 Å². The maximum atomic E-state index is 12.3. The van der Waals surface area contributed by atoms with Crippen LogP contribution in [0.25, 0.3) is 0 Å². The molecule has 1 unspecified atom stereocenters. The molecule has 1 aromatic rings. The minimum Gasteiger partial charge on any atom is -0.398 e. The third-order valence-corrected chi connectivity index (χ3v) is 5.81. The van der Waals surface area contributed by atoms with E-state index in [1.165, 1.54) is 0 Å². The Hall–Kier alpha value is -1.38. The Kier molecular flexibility index (Phi) is 8.39. The molecule has 178 valence electrons. The minimum atomic E-state index is -2.03. The molecule has 1 aliphatic heterocycles. The van der Waals surface area contributed by atoms with Crippen molar-refractivity contribution in [3.63, 3.8) is 0 Å². The van der Waals surface area contributed by atoms with Crippen LogP contribution in [0.4, 0.5) is 11.4 Å². The van der Waals surface area contributed by atoms with E-state index in [2.05, 4.69) is 33.8 Å². The van der Waals surface area contributed by atoms with Crippen LogP contribution in [0, 0.1) is 0 Å². The summed E-state index contributed by atoms with van der Waals surface area (Å²) in [7, 11) is 0. The highest BCUT2D eigenvalue weighted by Crippen LogP contribution is 2.48. The van der Waals surface area contributed by atoms with Crippen molar-refractivity contribution in [2.45, 2.75) is 91.6 Å². The molecule has 0 saturated carbocycles. The Bertz CT molecular complexity index is 720. The average molecular weight is 439 g/mol. The third-order valence-electron chi connectivity index (χ3n) is 5.81. The monoisotopic (exact) mass is 438 g/mol. The largest absolute Gasteiger partial charge is 0.398 e. The topological polar surface area (TPSA) is 86.4 Å². The molecule has 0 bridgehead atoms. The molecule has 0 amide bonds. The summed E-state index contributed by atoms with van der Waals surface area (Å²) >= 11 is 0. The number of aryl methyl sites for hydroxylation is 1. The fourth-order valence-corrected chi connectivity index (χ4v) is 4.50. The molecule has 0 spiro atoms. The standard InChI is InChI=1S/C24H42N2O5/c1-9-28-23(27,24(29-10-2,30-11-3)31-12-4)26-21-16-19(17(5)6)20(25)15-18(21)13-14-22(26,7)8/h15-17,27H,9-14,25H2,1-8H3. The molecule has 0 aliphatic carbocycles. The maximum absolute atomic E-state index is 12.3. The van der Waals surface area contributed by atoms with E-state index >= 15 is 0 Å². The molecule has 0 radical (unpaired) electrons. The number of nitrogens with zero attached hydrogens (tertiary/aromatic N) is 1. The minimum absolute atomic E-state index is 0.229. The number of nitrogen functional groups attached to an aromatic ring is 1. The molecular formula is C24H42N2O5. The highest BCUT2D eigenvalue weighted by atomic mass is 16.9. The van der Waals surface area contributed by atoms with Gasteiger partial charge in [-0.1, -0.05) is 13.8 Å². The van der Waals surface area contributed by atoms with Crippen molar-refractivity contribution >= 4 is 11.4 Å². The summed E-state index contributed by atoms with van der Waals surface area (Å²) in [4.78, 5) is 1.87. The second-order valence-corrected chi connectivity index (χ2v) is 8.81. The van der Waals surface area contributed by atoms with Crippen molar-refractivity contribution in [1.29, 1.82) is 0 Å². The van der Waals surface area contributed by atoms with E-state index in [1.54, 1.807) is 0 Å². The van der Waals surface area contributed by atoms with E-state index in [9.17, 15) is 5.11 Å². The van der Waals surface area contributed by atoms with Crippen LogP contribution >= 0.6 is 0 Å². The lowest BCUT2D eigenvalue weighted by atomic mass is 9.84. The number of ether oxygens (including phenoxy) is 4. The van der Waals surface area contributed by atoms with Crippen LogP contribution in [0.5, 0.6) is 0 Å². The molecule has 7 heteroatoms. The Morgan fingerprint density at radius 3 is 1.97 bits per heavy atom. The number of benzene rings is 1. The van der Waals surface area contributed by atoms with Crippen molar-refractivity contribution < 1.29 is 24.1 Å². The number of rotatable bonds is 11. The first-order chi connectivity index (χ1) is 14.5. The molecule has 3 N–H and O–H groups in total. The predicted molar refractivity (Wildman–Crippen MR) is 124 cm³/mol. The fraction of sp³-hybridized carbons (Fsp3) is 0.750. The summed E-state index contributed by atoms with van der Waals surface area (Å²) in [6.45, 7) is 16.8. The van der Waals surface area contributed by atoms with E-state index < -0.39 is 17.4 Å². The van der Waals surface area contributed by atoms with Crippen molar-refractivity contribution in [2.24, 2.45) is 0 Å². The van der Waals surface area contributed by atoms with E-state index in [1.807, 2.05) is 38.7 Å². The molecule has 31 heavy (non-hydrogen) atoms. The Morgan fingerprint density at radius 2 is 1.52 bits per heavy atom. The molecular weight excluding hydrogens is 396 g/mol. The molecule has 0 saturated heterocycles. The van der Waals surface area contributed by atoms with Crippen molar-refractivity contribution in [1.82, 2.24) is 0 Å². The highest BCUT2D eigenvalue weighted by Gasteiger charge is 2.64. The second kappa shape index (κ2) is 10.0. The SMILES string of the molecule is CCOC(OCC)(OCC)C(O)(OCC)N1c2cc(C(C)C)c(N)cc2CCC1(C)C. The van der Waals surface area contributed by atoms with Gasteiger partial charge in [-0.3, -0.25) is 0 Å². The van der Waals surface area contributed by atoms with Gasteiger partial charge in [-0.05, 0) is 83.6 Å². The van der Waals surface area contributed by atoms with E-state index in [0.29, 0.717) is 0 Å². The molecule has 1 atom stereocenters. The van der Waals surface area contributed by atoms with Crippen LogP contribution in [0.2, 0.25) is 0 Å². The lowest BCUT2D eigenvalue weighted by Gasteiger charge is -2.57. The predicted octanol–water partition coefficient (Wildman–Crippen LogP) is 4.37. The first-order valence-corrected chi connectivity index (χ1v) is 11.5. The van der Waals surface area contributed by atoms with Crippen molar-refractivity contribution in [2.75, 3.05) is 37.1 Å². The number of fused-ring (bicyclic) bond motifs is 1. The summed E-state index contributed by atoms with van der Waals surface area (Å²) in [5, 5.41) is 12.3. The number of anilines is 2. The van der Waals surface area contributed by atoms with Gasteiger partial charge in [0, 0.05) is 43.3 Å². The smallest absolute Gasteiger partial charge is 0.363 e. The number of aliphatic hydroxyl groups is 1. The Morgan fingerprint density at radius 1 is 1.00 bits per heavy atom. The van der Waals surface area contributed by atoms with E-state index in [0.717, 1.165) is 35.3 Å². The number of nitrogens with two attached hydrogens (primary N) is 1. The van der Waals surface area contributed by atoms with Gasteiger partial charge in [0.1, 0.15) is 0 Å². The second-order valence-electron chi connectivity index (χ2n) is 8.81. The molecule has 0 fully saturated rings. The number of hydrogen-bond acceptors (Lipinski definition) is 7. The van der Waals surface area contributed by atoms with Gasteiger partial charge in [0.25, 0.3) is 0 Å². The first-order valence-electron chi connectivity index (χ1n) is 11.5. The zero-order valence-corrected chi connectivity index (χ0v) is 20.6. The molecule has 1 aromatic carbocycles. The molecule has 1 aliphatic rings. The summed E-state index contributed by atoms with van der Waals surface area (Å²) in [6.07, 6.45) is 1.63. The lowest BCUT2D eigenvalue weighted by molar-refractivity contribution is -0.490. The van der Waals surface area contributed by atoms with Crippen LogP contribution in [0.1, 0.15) is 78.9 Å². The average Bonchev–Trinajstić information content (AvgIpc) is 2.67. The van der Waals surface area contributed by atoms with Crippen LogP contribution in [-0.4, -0.2) is 49.0 Å². The Labute approximate surface area is 187 Å². The van der Waals surface area contributed by atoms with Crippen LogP contribution in [0.3, 0.4) is 0 Å². The first kappa shape index (κ1) is 25.9. The van der Waals surface area contributed by atoms with Crippen LogP contribution < -0.4 is 10.6 Å². The molecule has 0 aromatic heterocycles. The van der Waals surface area contributed by atoms with Crippen LogP contribution in [-0.2, 0) is 25.4 Å². The lowest BCUT2D eigenvalue weighted by Crippen LogP contribution is -2.74. The highest BCUT2D eigenvalue weighted by molar-refractivity contribution is 5.67. The number of hydrogen-bond donors (Lipinski definition) is 2. The summed E-state index contributed by atoms with van der Waals surface area (Å²) in [5.41, 5.74) is 9.59. The fourth-order valence-electron chi connectivity index (χ4n) is 4.50. The molecule has 1 heterocycles. The quantitative estimate of drug-likeness (QED) is 0.392. The zero-order chi connectivity index (χ0) is 23.4. The zero-order valence-electron chi connectivity index (χ0n) is 20.6. The van der Waals surface area contributed by atoms with Gasteiger partial charge in [-0.2, -0.15) is 0 Å². The van der Waals surface area contributed by atoms with Gasteiger partial charge >= 0.3 is 11.9 Å². The molecule has 2 rings (SSSR count). The Balaban J connectivity index is 2.83. The van der Waals surface area contributed by atoms with Crippen molar-refractivity contribution in [3.05, 3.63) is 23.3 Å². The van der Waals surface area contributed by atoms with Gasteiger partial charge in [-0.25, -0.2) is 0 Å².